The molecule has 0 atom stereocenters. The zero-order valence-corrected chi connectivity index (χ0v) is 32.4. The molecule has 0 radical (unpaired) electrons. The van der Waals surface area contributed by atoms with Gasteiger partial charge in [-0.25, -0.2) is 14.4 Å². The summed E-state index contributed by atoms with van der Waals surface area (Å²) in [4.78, 5) is 40.9. The molecule has 0 heterocycles. The average Bonchev–Trinajstić information content (AvgIpc) is 3.22. The van der Waals surface area contributed by atoms with E-state index < -0.39 is 0 Å². The van der Waals surface area contributed by atoms with Crippen LogP contribution in [0.2, 0.25) is 0 Å². The molecule has 13 nitrogen and oxygen atoms in total. The summed E-state index contributed by atoms with van der Waals surface area (Å²) in [6, 6.07) is 43.1. The normalized spacial score (nSPS) is 10.6. The Morgan fingerprint density at radius 1 is 0.379 bits per heavy atom. The first-order chi connectivity index (χ1) is 28.2. The van der Waals surface area contributed by atoms with Crippen LogP contribution in [0.3, 0.4) is 0 Å². The van der Waals surface area contributed by atoms with Gasteiger partial charge in [0.1, 0.15) is 17.2 Å². The van der Waals surface area contributed by atoms with Gasteiger partial charge in [0.15, 0.2) is 0 Å². The predicted molar refractivity (Wildman–Crippen MR) is 229 cm³/mol. The van der Waals surface area contributed by atoms with Crippen molar-refractivity contribution < 1.29 is 28.6 Å². The van der Waals surface area contributed by atoms with Gasteiger partial charge in [-0.1, -0.05) is 36.4 Å². The molecule has 296 valence electrons. The minimum absolute atomic E-state index is 0.375. The minimum atomic E-state index is -0.375. The fraction of sp³-hybridized carbons (Fsp3) is 0.133. The summed E-state index contributed by atoms with van der Waals surface area (Å²) in [6.07, 6.45) is 0. The molecule has 58 heavy (non-hydrogen) atoms. The number of methoxy groups -OCH3 is 3. The quantitative estimate of drug-likeness (QED) is 0.0607. The summed E-state index contributed by atoms with van der Waals surface area (Å²) < 4.78 is 15.6. The van der Waals surface area contributed by atoms with E-state index in [1.165, 1.54) is 0 Å². The van der Waals surface area contributed by atoms with E-state index in [1.807, 2.05) is 72.8 Å². The molecule has 6 amide bonds. The number of urea groups is 3. The number of ether oxygens (including phenoxy) is 3. The molecule has 6 aromatic carbocycles. The molecule has 6 rings (SSSR count). The summed E-state index contributed by atoms with van der Waals surface area (Å²) in [5.41, 5.74) is 6.67. The van der Waals surface area contributed by atoms with Crippen LogP contribution in [0.25, 0.3) is 0 Å². The van der Waals surface area contributed by atoms with Crippen molar-refractivity contribution in [3.63, 3.8) is 0 Å². The lowest BCUT2D eigenvalue weighted by atomic mass is 10.1. The molecule has 0 bridgehead atoms. The Hall–Kier alpha value is -7.51. The van der Waals surface area contributed by atoms with Crippen LogP contribution in [-0.4, -0.2) is 44.3 Å². The van der Waals surface area contributed by atoms with Gasteiger partial charge in [0.25, 0.3) is 0 Å². The standard InChI is InChI=1S/C45H45N7O6/c1-56-40-19-13-34(14-20-40)46-43(53)49-37-10-4-7-31(25-37)28-52(29-32-8-5-11-38(26-32)50-44(54)47-35-15-21-41(57-2)22-16-35)30-33-9-6-12-39(27-33)51-45(55)48-36-17-23-42(58-3)24-18-36/h4-27H,28-30H2,1-3H3,(H2,46,49,53)(H2,47,50,54)(H2,48,51,55). The second-order valence-electron chi connectivity index (χ2n) is 13.2. The van der Waals surface area contributed by atoms with Crippen LogP contribution in [0.5, 0.6) is 17.2 Å². The topological polar surface area (TPSA) is 154 Å². The molecule has 6 N–H and O–H groups in total. The van der Waals surface area contributed by atoms with Crippen molar-refractivity contribution >= 4 is 52.2 Å². The molecule has 0 unspecified atom stereocenters. The second kappa shape index (κ2) is 19.9. The molecule has 6 aromatic rings. The van der Waals surface area contributed by atoms with Gasteiger partial charge in [0.05, 0.1) is 21.3 Å². The third-order valence-corrected chi connectivity index (χ3v) is 8.82. The van der Waals surface area contributed by atoms with Gasteiger partial charge in [-0.2, -0.15) is 0 Å². The lowest BCUT2D eigenvalue weighted by Crippen LogP contribution is -2.24. The third-order valence-electron chi connectivity index (χ3n) is 8.82. The van der Waals surface area contributed by atoms with Crippen LogP contribution in [-0.2, 0) is 19.6 Å². The molecular formula is C45H45N7O6. The maximum Gasteiger partial charge on any atom is 0.323 e. The summed E-state index contributed by atoms with van der Waals surface area (Å²) in [5, 5.41) is 17.3. The van der Waals surface area contributed by atoms with Crippen LogP contribution in [0.4, 0.5) is 48.5 Å². The van der Waals surface area contributed by atoms with Crippen LogP contribution >= 0.6 is 0 Å². The van der Waals surface area contributed by atoms with Crippen molar-refractivity contribution in [1.29, 1.82) is 0 Å². The summed E-state index contributed by atoms with van der Waals surface area (Å²) >= 11 is 0. The first-order valence-electron chi connectivity index (χ1n) is 18.4. The number of hydrogen-bond acceptors (Lipinski definition) is 7. The van der Waals surface area contributed by atoms with Gasteiger partial charge in [0.2, 0.25) is 0 Å². The Kier molecular flexibility index (Phi) is 13.8. The second-order valence-corrected chi connectivity index (χ2v) is 13.2. The molecule has 0 saturated carbocycles. The molecule has 0 spiro atoms. The number of nitrogens with one attached hydrogen (secondary N) is 6. The Bertz CT molecular complexity index is 2040. The number of carbonyl (C=O) groups is 3. The van der Waals surface area contributed by atoms with E-state index in [4.69, 9.17) is 14.2 Å². The number of carbonyl (C=O) groups excluding carboxylic acids is 3. The maximum atomic E-state index is 12.9. The first-order valence-corrected chi connectivity index (χ1v) is 18.4. The third kappa shape index (κ3) is 12.2. The van der Waals surface area contributed by atoms with Crippen LogP contribution < -0.4 is 46.1 Å². The van der Waals surface area contributed by atoms with E-state index in [0.29, 0.717) is 71.0 Å². The fourth-order valence-electron chi connectivity index (χ4n) is 6.09. The van der Waals surface area contributed by atoms with Gasteiger partial charge in [-0.3, -0.25) is 4.90 Å². The molecule has 0 aromatic heterocycles. The molecule has 0 fully saturated rings. The van der Waals surface area contributed by atoms with E-state index in [0.717, 1.165) is 16.7 Å². The van der Waals surface area contributed by atoms with Crippen LogP contribution in [0.15, 0.2) is 146 Å². The highest BCUT2D eigenvalue weighted by Crippen LogP contribution is 2.23. The summed E-state index contributed by atoms with van der Waals surface area (Å²) in [6.45, 7) is 1.54. The predicted octanol–water partition coefficient (Wildman–Crippen LogP) is 9.85. The van der Waals surface area contributed by atoms with Gasteiger partial charge in [0, 0.05) is 53.8 Å². The number of nitrogens with zero attached hydrogens (tertiary/aromatic N) is 1. The van der Waals surface area contributed by atoms with Crippen molar-refractivity contribution in [1.82, 2.24) is 4.90 Å². The largest absolute Gasteiger partial charge is 0.497 e. The maximum absolute atomic E-state index is 12.9. The Morgan fingerprint density at radius 3 is 0.897 bits per heavy atom. The Labute approximate surface area is 337 Å². The van der Waals surface area contributed by atoms with Crippen molar-refractivity contribution in [3.8, 4) is 17.2 Å². The van der Waals surface area contributed by atoms with Crippen molar-refractivity contribution in [2.24, 2.45) is 0 Å². The molecule has 0 saturated heterocycles. The highest BCUT2D eigenvalue weighted by atomic mass is 16.5. The van der Waals surface area contributed by atoms with Crippen LogP contribution in [0.1, 0.15) is 16.7 Å². The molecule has 0 aliphatic rings. The number of benzene rings is 6. The number of rotatable bonds is 15. The van der Waals surface area contributed by atoms with Crippen molar-refractivity contribution in [2.75, 3.05) is 53.2 Å². The van der Waals surface area contributed by atoms with E-state index in [1.54, 1.807) is 94.1 Å². The Balaban J connectivity index is 1.16. The molecule has 0 aliphatic heterocycles. The number of anilines is 6. The van der Waals surface area contributed by atoms with E-state index in [9.17, 15) is 14.4 Å². The van der Waals surface area contributed by atoms with E-state index in [2.05, 4.69) is 36.8 Å². The van der Waals surface area contributed by atoms with Crippen LogP contribution in [0, 0.1) is 0 Å². The van der Waals surface area contributed by atoms with Gasteiger partial charge >= 0.3 is 18.1 Å². The zero-order valence-electron chi connectivity index (χ0n) is 32.4. The number of amides is 6. The smallest absolute Gasteiger partial charge is 0.323 e. The van der Waals surface area contributed by atoms with Gasteiger partial charge in [-0.05, 0) is 126 Å². The fourth-order valence-corrected chi connectivity index (χ4v) is 6.09. The number of hydrogen-bond donors (Lipinski definition) is 6. The SMILES string of the molecule is COc1ccc(NC(=O)Nc2cccc(CN(Cc3cccc(NC(=O)Nc4ccc(OC)cc4)c3)Cc3cccc(NC(=O)Nc4ccc(OC)cc4)c3)c2)cc1. The summed E-state index contributed by atoms with van der Waals surface area (Å²) in [7, 11) is 4.76. The Morgan fingerprint density at radius 2 is 0.638 bits per heavy atom. The highest BCUT2D eigenvalue weighted by molar-refractivity contribution is 6.01. The van der Waals surface area contributed by atoms with Gasteiger partial charge < -0.3 is 46.1 Å². The van der Waals surface area contributed by atoms with E-state index in [-0.39, 0.29) is 18.1 Å². The van der Waals surface area contributed by atoms with E-state index >= 15 is 0 Å². The molecule has 13 heteroatoms. The lowest BCUT2D eigenvalue weighted by Gasteiger charge is -2.24. The monoisotopic (exact) mass is 779 g/mol. The highest BCUT2D eigenvalue weighted by Gasteiger charge is 2.13. The lowest BCUT2D eigenvalue weighted by molar-refractivity contribution is 0.248. The van der Waals surface area contributed by atoms with Gasteiger partial charge in [-0.15, -0.1) is 0 Å². The van der Waals surface area contributed by atoms with Crippen molar-refractivity contribution in [2.45, 2.75) is 19.6 Å². The first kappa shape index (κ1) is 40.2. The zero-order chi connectivity index (χ0) is 40.7. The average molecular weight is 780 g/mol. The minimum Gasteiger partial charge on any atom is -0.497 e. The molecular weight excluding hydrogens is 735 g/mol. The van der Waals surface area contributed by atoms with Crippen molar-refractivity contribution in [3.05, 3.63) is 162 Å². The molecule has 0 aliphatic carbocycles. The summed E-state index contributed by atoms with van der Waals surface area (Å²) in [5.74, 6) is 2.08.